The number of hydrogen-bond acceptors (Lipinski definition) is 8. The lowest BCUT2D eigenvalue weighted by Gasteiger charge is -2.42. The van der Waals surface area contributed by atoms with E-state index in [1.165, 1.54) is 25.5 Å². The number of carbonyl (C=O) groups excluding carboxylic acids is 1. The maximum absolute atomic E-state index is 13.1. The summed E-state index contributed by atoms with van der Waals surface area (Å²) in [6.07, 6.45) is 8.72. The van der Waals surface area contributed by atoms with Crippen LogP contribution in [0.4, 0.5) is 17.3 Å². The van der Waals surface area contributed by atoms with Crippen molar-refractivity contribution < 1.29 is 9.53 Å². The quantitative estimate of drug-likeness (QED) is 0.369. The predicted octanol–water partition coefficient (Wildman–Crippen LogP) is 4.46. The first kappa shape index (κ1) is 24.8. The van der Waals surface area contributed by atoms with E-state index < -0.39 is 0 Å². The van der Waals surface area contributed by atoms with Crippen molar-refractivity contribution in [3.63, 3.8) is 0 Å². The van der Waals surface area contributed by atoms with E-state index in [4.69, 9.17) is 11.3 Å². The SMILES string of the molecule is [C-]#[N+]c1cc(C)c(Oc2cc(Nc3ccc(C(=O)N4CCN(C5CCC5)CC4)cn3)c3ncn(C)c3n2)cn1. The Hall–Kier alpha value is -4.56. The molecule has 39 heavy (non-hydrogen) atoms. The number of amides is 1. The molecule has 1 N–H and O–H groups in total. The molecular formula is C28H29N9O2. The molecule has 4 aromatic rings. The number of nitrogens with zero attached hydrogens (tertiary/aromatic N) is 8. The van der Waals surface area contributed by atoms with Crippen LogP contribution in [-0.4, -0.2) is 72.4 Å². The average molecular weight is 524 g/mol. The number of piperazine rings is 1. The summed E-state index contributed by atoms with van der Waals surface area (Å²) in [4.78, 5) is 38.6. The number of rotatable bonds is 6. The van der Waals surface area contributed by atoms with Gasteiger partial charge in [0.1, 0.15) is 11.3 Å². The van der Waals surface area contributed by atoms with Crippen LogP contribution in [0.3, 0.4) is 0 Å². The zero-order chi connectivity index (χ0) is 26.9. The van der Waals surface area contributed by atoms with Crippen LogP contribution in [0.15, 0.2) is 43.0 Å². The molecule has 11 nitrogen and oxygen atoms in total. The number of aromatic nitrogens is 5. The molecule has 2 aliphatic rings. The molecule has 1 aliphatic carbocycles. The number of ether oxygens (including phenoxy) is 1. The largest absolute Gasteiger partial charge is 0.435 e. The number of aryl methyl sites for hydroxylation is 2. The molecule has 1 amide bonds. The van der Waals surface area contributed by atoms with Crippen molar-refractivity contribution in [3.05, 3.63) is 65.5 Å². The first-order chi connectivity index (χ1) is 19.0. The monoisotopic (exact) mass is 523 g/mol. The van der Waals surface area contributed by atoms with Gasteiger partial charge in [-0.3, -0.25) is 9.69 Å². The molecular weight excluding hydrogens is 494 g/mol. The average Bonchev–Trinajstić information content (AvgIpc) is 3.30. The molecule has 0 radical (unpaired) electrons. The van der Waals surface area contributed by atoms with Gasteiger partial charge in [-0.2, -0.15) is 4.98 Å². The molecule has 1 aliphatic heterocycles. The van der Waals surface area contributed by atoms with Gasteiger partial charge >= 0.3 is 0 Å². The fraction of sp³-hybridized carbons (Fsp3) is 0.357. The Morgan fingerprint density at radius 2 is 1.92 bits per heavy atom. The summed E-state index contributed by atoms with van der Waals surface area (Å²) < 4.78 is 7.84. The number of pyridine rings is 3. The topological polar surface area (TPSA) is 106 Å². The van der Waals surface area contributed by atoms with Crippen molar-refractivity contribution in [2.24, 2.45) is 7.05 Å². The molecule has 0 unspecified atom stereocenters. The Morgan fingerprint density at radius 3 is 2.59 bits per heavy atom. The highest BCUT2D eigenvalue weighted by molar-refractivity contribution is 5.94. The smallest absolute Gasteiger partial charge is 0.269 e. The normalized spacial score (nSPS) is 16.1. The van der Waals surface area contributed by atoms with Crippen LogP contribution >= 0.6 is 0 Å². The van der Waals surface area contributed by atoms with E-state index >= 15 is 0 Å². The molecule has 1 saturated heterocycles. The third-order valence-electron chi connectivity index (χ3n) is 7.49. The maximum atomic E-state index is 13.1. The third kappa shape index (κ3) is 4.98. The second-order valence-corrected chi connectivity index (χ2v) is 10.0. The Morgan fingerprint density at radius 1 is 1.10 bits per heavy atom. The second kappa shape index (κ2) is 10.3. The highest BCUT2D eigenvalue weighted by atomic mass is 16.5. The Kier molecular flexibility index (Phi) is 6.54. The molecule has 0 aromatic carbocycles. The lowest BCUT2D eigenvalue weighted by atomic mass is 9.91. The zero-order valence-electron chi connectivity index (χ0n) is 22.0. The van der Waals surface area contributed by atoms with Crippen molar-refractivity contribution in [3.8, 4) is 11.6 Å². The van der Waals surface area contributed by atoms with Gasteiger partial charge in [-0.15, -0.1) is 4.98 Å². The van der Waals surface area contributed by atoms with Gasteiger partial charge < -0.3 is 24.4 Å². The van der Waals surface area contributed by atoms with Gasteiger partial charge in [0.15, 0.2) is 17.6 Å². The van der Waals surface area contributed by atoms with E-state index in [1.807, 2.05) is 18.9 Å². The number of carbonyl (C=O) groups is 1. The molecule has 0 atom stereocenters. The number of nitrogens with one attached hydrogen (secondary N) is 1. The summed E-state index contributed by atoms with van der Waals surface area (Å²) in [7, 11) is 1.86. The van der Waals surface area contributed by atoms with Gasteiger partial charge in [-0.25, -0.2) is 9.97 Å². The van der Waals surface area contributed by atoms with Crippen LogP contribution in [0.25, 0.3) is 16.0 Å². The van der Waals surface area contributed by atoms with Crippen molar-refractivity contribution in [1.82, 2.24) is 34.3 Å². The highest BCUT2D eigenvalue weighted by Crippen LogP contribution is 2.32. The van der Waals surface area contributed by atoms with Crippen molar-refractivity contribution in [1.29, 1.82) is 0 Å². The molecule has 2 fully saturated rings. The van der Waals surface area contributed by atoms with Crippen molar-refractivity contribution in [2.45, 2.75) is 32.2 Å². The maximum Gasteiger partial charge on any atom is 0.269 e. The summed E-state index contributed by atoms with van der Waals surface area (Å²) in [5.41, 5.74) is 3.31. The van der Waals surface area contributed by atoms with Gasteiger partial charge in [-0.1, -0.05) is 13.0 Å². The van der Waals surface area contributed by atoms with Crippen LogP contribution in [0, 0.1) is 13.5 Å². The molecule has 5 heterocycles. The molecule has 4 aromatic heterocycles. The van der Waals surface area contributed by atoms with Gasteiger partial charge in [-0.05, 0) is 43.5 Å². The lowest BCUT2D eigenvalue weighted by molar-refractivity contribution is 0.0455. The zero-order valence-corrected chi connectivity index (χ0v) is 22.0. The minimum Gasteiger partial charge on any atom is -0.435 e. The molecule has 0 bridgehead atoms. The van der Waals surface area contributed by atoms with Crippen molar-refractivity contribution >= 4 is 34.4 Å². The minimum atomic E-state index is 0.0160. The minimum absolute atomic E-state index is 0.0160. The van der Waals surface area contributed by atoms with E-state index in [2.05, 4.69) is 35.0 Å². The number of imidazole rings is 1. The van der Waals surface area contributed by atoms with Crippen LogP contribution in [0.2, 0.25) is 0 Å². The second-order valence-electron chi connectivity index (χ2n) is 10.0. The summed E-state index contributed by atoms with van der Waals surface area (Å²) >= 11 is 0. The van der Waals surface area contributed by atoms with Gasteiger partial charge in [0.2, 0.25) is 5.88 Å². The lowest BCUT2D eigenvalue weighted by Crippen LogP contribution is -2.53. The van der Waals surface area contributed by atoms with E-state index in [-0.39, 0.29) is 5.91 Å². The number of anilines is 2. The van der Waals surface area contributed by atoms with Gasteiger partial charge in [0.05, 0.1) is 17.6 Å². The van der Waals surface area contributed by atoms with Crippen LogP contribution in [0.5, 0.6) is 11.6 Å². The summed E-state index contributed by atoms with van der Waals surface area (Å²) in [6.45, 7) is 12.4. The van der Waals surface area contributed by atoms with E-state index in [9.17, 15) is 4.79 Å². The number of hydrogen-bond donors (Lipinski definition) is 1. The highest BCUT2D eigenvalue weighted by Gasteiger charge is 2.29. The van der Waals surface area contributed by atoms with E-state index in [0.29, 0.717) is 51.7 Å². The molecule has 0 spiro atoms. The van der Waals surface area contributed by atoms with Gasteiger partial charge in [0.25, 0.3) is 11.7 Å². The molecule has 1 saturated carbocycles. The summed E-state index contributed by atoms with van der Waals surface area (Å²) in [5, 5.41) is 3.30. The Labute approximate surface area is 226 Å². The summed E-state index contributed by atoms with van der Waals surface area (Å²) in [5.74, 6) is 1.76. The fourth-order valence-corrected chi connectivity index (χ4v) is 4.99. The van der Waals surface area contributed by atoms with Crippen LogP contribution < -0.4 is 10.1 Å². The van der Waals surface area contributed by atoms with Crippen LogP contribution in [0.1, 0.15) is 35.2 Å². The predicted molar refractivity (Wildman–Crippen MR) is 146 cm³/mol. The first-order valence-corrected chi connectivity index (χ1v) is 13.1. The Balaban J connectivity index is 1.18. The standard InChI is InChI=1S/C28H29N9O2/c1-18-13-24(29-2)31-16-22(18)39-25-14-21(26-27(34-25)35(3)17-32-26)33-23-8-7-19(15-30-23)28(38)37-11-9-36(10-12-37)20-5-4-6-20/h7-8,13-17,20H,4-6,9-12H2,1,3H3,(H,30,33,34). The van der Waals surface area contributed by atoms with Gasteiger partial charge in [0, 0.05) is 51.5 Å². The Bertz CT molecular complexity index is 1560. The molecule has 198 valence electrons. The van der Waals surface area contributed by atoms with Crippen LogP contribution in [-0.2, 0) is 7.05 Å². The fourth-order valence-electron chi connectivity index (χ4n) is 4.99. The third-order valence-corrected chi connectivity index (χ3v) is 7.49. The van der Waals surface area contributed by atoms with E-state index in [0.717, 1.165) is 31.7 Å². The van der Waals surface area contributed by atoms with Crippen molar-refractivity contribution in [2.75, 3.05) is 31.5 Å². The molecule has 11 heteroatoms. The summed E-state index contributed by atoms with van der Waals surface area (Å²) in [6, 6.07) is 7.73. The number of fused-ring (bicyclic) bond motifs is 1. The molecule has 6 rings (SSSR count). The van der Waals surface area contributed by atoms with E-state index in [1.54, 1.807) is 41.4 Å². The first-order valence-electron chi connectivity index (χ1n) is 13.1.